The Kier molecular flexibility index (Phi) is 2.69. The van der Waals surface area contributed by atoms with Gasteiger partial charge in [0.15, 0.2) is 0 Å². The summed E-state index contributed by atoms with van der Waals surface area (Å²) in [7, 11) is 0. The molecule has 0 spiro atoms. The zero-order valence-electron chi connectivity index (χ0n) is 9.67. The Morgan fingerprint density at radius 1 is 1.47 bits per heavy atom. The van der Waals surface area contributed by atoms with Gasteiger partial charge in [-0.3, -0.25) is 4.90 Å². The maximum atomic E-state index is 6.07. The summed E-state index contributed by atoms with van der Waals surface area (Å²) in [5.74, 6) is 0. The normalized spacial score (nSPS) is 16.1. The van der Waals surface area contributed by atoms with Crippen LogP contribution in [0.2, 0.25) is 5.02 Å². The first-order valence-corrected chi connectivity index (χ1v) is 6.28. The fourth-order valence-corrected chi connectivity index (χ4v) is 2.75. The Hall–Kier alpha value is -1.25. The van der Waals surface area contributed by atoms with Crippen LogP contribution in [0.1, 0.15) is 11.3 Å². The predicted octanol–water partition coefficient (Wildman–Crippen LogP) is 3.37. The summed E-state index contributed by atoms with van der Waals surface area (Å²) in [6.45, 7) is 6.84. The number of aromatic nitrogens is 1. The van der Waals surface area contributed by atoms with Crippen molar-refractivity contribution in [2.45, 2.75) is 13.0 Å². The Morgan fingerprint density at radius 3 is 3.18 bits per heavy atom. The van der Waals surface area contributed by atoms with Gasteiger partial charge in [0.05, 0.1) is 0 Å². The van der Waals surface area contributed by atoms with Crippen LogP contribution in [-0.4, -0.2) is 23.0 Å². The predicted molar refractivity (Wildman–Crippen MR) is 72.5 cm³/mol. The molecular weight excluding hydrogens is 232 g/mol. The molecule has 0 bridgehead atoms. The molecular formula is C14H15ClN2. The van der Waals surface area contributed by atoms with E-state index in [9.17, 15) is 0 Å². The van der Waals surface area contributed by atoms with Crippen molar-refractivity contribution in [2.75, 3.05) is 13.1 Å². The first-order chi connectivity index (χ1) is 8.28. The number of hydrogen-bond acceptors (Lipinski definition) is 1. The van der Waals surface area contributed by atoms with Crippen molar-refractivity contribution in [3.8, 4) is 0 Å². The molecule has 0 unspecified atom stereocenters. The molecule has 0 saturated carbocycles. The molecule has 0 saturated heterocycles. The Labute approximate surface area is 106 Å². The summed E-state index contributed by atoms with van der Waals surface area (Å²) >= 11 is 6.07. The minimum atomic E-state index is 0.806. The number of rotatable bonds is 2. The highest BCUT2D eigenvalue weighted by Gasteiger charge is 2.19. The molecule has 0 aliphatic carbocycles. The van der Waals surface area contributed by atoms with Crippen molar-refractivity contribution in [3.05, 3.63) is 47.1 Å². The molecule has 3 rings (SSSR count). The van der Waals surface area contributed by atoms with Gasteiger partial charge in [-0.05, 0) is 23.8 Å². The van der Waals surface area contributed by atoms with Crippen molar-refractivity contribution < 1.29 is 0 Å². The van der Waals surface area contributed by atoms with E-state index in [1.807, 2.05) is 12.1 Å². The van der Waals surface area contributed by atoms with Crippen LogP contribution in [0.15, 0.2) is 30.9 Å². The van der Waals surface area contributed by atoms with Crippen LogP contribution in [0.25, 0.3) is 10.9 Å². The first kappa shape index (κ1) is 10.9. The van der Waals surface area contributed by atoms with E-state index in [4.69, 9.17) is 11.6 Å². The smallest absolute Gasteiger partial charge is 0.0460 e. The largest absolute Gasteiger partial charge is 0.358 e. The fraction of sp³-hybridized carbons (Fsp3) is 0.286. The quantitative estimate of drug-likeness (QED) is 0.805. The van der Waals surface area contributed by atoms with Gasteiger partial charge in [-0.2, -0.15) is 0 Å². The zero-order valence-corrected chi connectivity index (χ0v) is 10.4. The van der Waals surface area contributed by atoms with Crippen LogP contribution in [0.3, 0.4) is 0 Å². The van der Waals surface area contributed by atoms with Gasteiger partial charge in [0, 0.05) is 47.7 Å². The van der Waals surface area contributed by atoms with Crippen LogP contribution in [-0.2, 0) is 13.0 Å². The summed E-state index contributed by atoms with van der Waals surface area (Å²) < 4.78 is 0. The van der Waals surface area contributed by atoms with Gasteiger partial charge >= 0.3 is 0 Å². The molecule has 0 fully saturated rings. The fourth-order valence-electron chi connectivity index (χ4n) is 2.58. The van der Waals surface area contributed by atoms with Crippen molar-refractivity contribution in [3.63, 3.8) is 0 Å². The third-order valence-corrected chi connectivity index (χ3v) is 3.64. The van der Waals surface area contributed by atoms with Crippen LogP contribution in [0.5, 0.6) is 0 Å². The molecule has 1 aliphatic heterocycles. The summed E-state index contributed by atoms with van der Waals surface area (Å²) in [6, 6.07) is 6.06. The van der Waals surface area contributed by atoms with Crippen molar-refractivity contribution in [1.82, 2.24) is 9.88 Å². The molecule has 3 heteroatoms. The second kappa shape index (κ2) is 4.21. The summed E-state index contributed by atoms with van der Waals surface area (Å²) in [4.78, 5) is 5.90. The maximum Gasteiger partial charge on any atom is 0.0460 e. The molecule has 2 heterocycles. The van der Waals surface area contributed by atoms with Crippen molar-refractivity contribution in [2.24, 2.45) is 0 Å². The molecule has 88 valence electrons. The highest BCUT2D eigenvalue weighted by molar-refractivity contribution is 6.31. The maximum absolute atomic E-state index is 6.07. The number of fused-ring (bicyclic) bond motifs is 3. The van der Waals surface area contributed by atoms with E-state index < -0.39 is 0 Å². The third kappa shape index (κ3) is 1.88. The van der Waals surface area contributed by atoms with Gasteiger partial charge in [-0.1, -0.05) is 17.7 Å². The minimum absolute atomic E-state index is 0.806. The molecule has 2 nitrogen and oxygen atoms in total. The van der Waals surface area contributed by atoms with E-state index >= 15 is 0 Å². The lowest BCUT2D eigenvalue weighted by Crippen LogP contribution is -2.30. The topological polar surface area (TPSA) is 19.0 Å². The van der Waals surface area contributed by atoms with E-state index in [1.165, 1.54) is 22.2 Å². The second-order valence-electron chi connectivity index (χ2n) is 4.55. The zero-order chi connectivity index (χ0) is 11.8. The highest BCUT2D eigenvalue weighted by atomic mass is 35.5. The van der Waals surface area contributed by atoms with Gasteiger partial charge in [-0.15, -0.1) is 6.58 Å². The van der Waals surface area contributed by atoms with Crippen LogP contribution in [0.4, 0.5) is 0 Å². The lowest BCUT2D eigenvalue weighted by Gasteiger charge is -2.25. The SMILES string of the molecule is C=CCN1CCc2[nH]c3ccc(Cl)cc3c2C1. The first-order valence-electron chi connectivity index (χ1n) is 5.90. The Balaban J connectivity index is 2.07. The van der Waals surface area contributed by atoms with Crippen molar-refractivity contribution in [1.29, 1.82) is 0 Å². The molecule has 2 aromatic rings. The molecule has 0 radical (unpaired) electrons. The molecule has 1 aliphatic rings. The molecule has 17 heavy (non-hydrogen) atoms. The number of hydrogen-bond donors (Lipinski definition) is 1. The standard InChI is InChI=1S/C14H15ClN2/c1-2-6-17-7-5-14-12(9-17)11-8-10(15)3-4-13(11)16-14/h2-4,8,16H,1,5-7,9H2. The summed E-state index contributed by atoms with van der Waals surface area (Å²) in [6.07, 6.45) is 3.04. The number of halogens is 1. The van der Waals surface area contributed by atoms with E-state index in [-0.39, 0.29) is 0 Å². The van der Waals surface area contributed by atoms with Gasteiger partial charge in [0.2, 0.25) is 0 Å². The van der Waals surface area contributed by atoms with Gasteiger partial charge in [-0.25, -0.2) is 0 Å². The van der Waals surface area contributed by atoms with Crippen molar-refractivity contribution >= 4 is 22.5 Å². The van der Waals surface area contributed by atoms with Crippen LogP contribution >= 0.6 is 11.6 Å². The number of nitrogens with zero attached hydrogens (tertiary/aromatic N) is 1. The average molecular weight is 247 g/mol. The monoisotopic (exact) mass is 246 g/mol. The van der Waals surface area contributed by atoms with Crippen LogP contribution < -0.4 is 0 Å². The molecule has 1 aromatic heterocycles. The number of nitrogens with one attached hydrogen (secondary N) is 1. The number of benzene rings is 1. The second-order valence-corrected chi connectivity index (χ2v) is 4.98. The lowest BCUT2D eigenvalue weighted by atomic mass is 10.0. The van der Waals surface area contributed by atoms with Gasteiger partial charge in [0.25, 0.3) is 0 Å². The Bertz CT molecular complexity index is 571. The minimum Gasteiger partial charge on any atom is -0.358 e. The van der Waals surface area contributed by atoms with Gasteiger partial charge in [0.1, 0.15) is 0 Å². The third-order valence-electron chi connectivity index (χ3n) is 3.40. The van der Waals surface area contributed by atoms with E-state index in [1.54, 1.807) is 0 Å². The Morgan fingerprint density at radius 2 is 2.35 bits per heavy atom. The van der Waals surface area contributed by atoms with E-state index in [2.05, 4.69) is 28.6 Å². The lowest BCUT2D eigenvalue weighted by molar-refractivity contribution is 0.282. The number of H-pyrrole nitrogens is 1. The molecule has 0 amide bonds. The summed E-state index contributed by atoms with van der Waals surface area (Å²) in [5.41, 5.74) is 3.96. The number of aromatic amines is 1. The van der Waals surface area contributed by atoms with E-state index in [0.29, 0.717) is 0 Å². The molecule has 1 aromatic carbocycles. The highest BCUT2D eigenvalue weighted by Crippen LogP contribution is 2.29. The summed E-state index contributed by atoms with van der Waals surface area (Å²) in [5, 5.41) is 2.07. The van der Waals surface area contributed by atoms with Gasteiger partial charge < -0.3 is 4.98 Å². The average Bonchev–Trinajstić information content (AvgIpc) is 2.67. The van der Waals surface area contributed by atoms with E-state index in [0.717, 1.165) is 31.1 Å². The molecule has 1 N–H and O–H groups in total. The van der Waals surface area contributed by atoms with Crippen LogP contribution in [0, 0.1) is 0 Å². The molecule has 0 atom stereocenters.